The first kappa shape index (κ1) is 17.0. The summed E-state index contributed by atoms with van der Waals surface area (Å²) in [5, 5.41) is 11.2. The molecule has 26 heavy (non-hydrogen) atoms. The number of carbonyl (C=O) groups is 1. The van der Waals surface area contributed by atoms with E-state index in [-0.39, 0.29) is 24.8 Å². The molecule has 3 heterocycles. The average Bonchev–Trinajstić information content (AvgIpc) is 2.93. The van der Waals surface area contributed by atoms with Crippen molar-refractivity contribution >= 4 is 6.09 Å². The fourth-order valence-electron chi connectivity index (χ4n) is 4.27. The summed E-state index contributed by atoms with van der Waals surface area (Å²) in [5.74, 6) is 0. The van der Waals surface area contributed by atoms with Crippen molar-refractivity contribution in [3.63, 3.8) is 0 Å². The molecule has 2 bridgehead atoms. The van der Waals surface area contributed by atoms with Crippen LogP contribution in [0.2, 0.25) is 0 Å². The monoisotopic (exact) mass is 352 g/mol. The molecule has 1 aromatic heterocycles. The second-order valence-corrected chi connectivity index (χ2v) is 7.49. The number of hydrogen-bond acceptors (Lipinski definition) is 4. The third-order valence-corrected chi connectivity index (χ3v) is 5.57. The second kappa shape index (κ2) is 6.72. The van der Waals surface area contributed by atoms with Crippen LogP contribution in [0.1, 0.15) is 42.5 Å². The van der Waals surface area contributed by atoms with Crippen LogP contribution in [0.3, 0.4) is 0 Å². The van der Waals surface area contributed by atoms with E-state index in [9.17, 15) is 9.90 Å². The highest BCUT2D eigenvalue weighted by Crippen LogP contribution is 2.45. The van der Waals surface area contributed by atoms with Gasteiger partial charge in [0.05, 0.1) is 5.69 Å². The van der Waals surface area contributed by atoms with E-state index in [4.69, 9.17) is 4.74 Å². The molecule has 2 unspecified atom stereocenters. The van der Waals surface area contributed by atoms with Gasteiger partial charge in [-0.15, -0.1) is 0 Å². The van der Waals surface area contributed by atoms with Gasteiger partial charge in [-0.1, -0.05) is 36.4 Å². The van der Waals surface area contributed by atoms with E-state index >= 15 is 0 Å². The number of ether oxygens (including phenoxy) is 1. The van der Waals surface area contributed by atoms with Gasteiger partial charge >= 0.3 is 6.09 Å². The molecule has 5 nitrogen and oxygen atoms in total. The van der Waals surface area contributed by atoms with Crippen LogP contribution in [0.5, 0.6) is 0 Å². The zero-order valence-corrected chi connectivity index (χ0v) is 15.0. The van der Waals surface area contributed by atoms with Crippen molar-refractivity contribution in [3.8, 4) is 0 Å². The van der Waals surface area contributed by atoms with Crippen molar-refractivity contribution in [2.45, 2.75) is 56.9 Å². The van der Waals surface area contributed by atoms with Crippen LogP contribution in [0.4, 0.5) is 4.79 Å². The van der Waals surface area contributed by atoms with Gasteiger partial charge in [-0.3, -0.25) is 4.98 Å². The van der Waals surface area contributed by atoms with Crippen molar-refractivity contribution in [3.05, 3.63) is 65.5 Å². The van der Waals surface area contributed by atoms with Gasteiger partial charge in [0.2, 0.25) is 0 Å². The lowest BCUT2D eigenvalue weighted by molar-refractivity contribution is -0.0564. The van der Waals surface area contributed by atoms with Crippen LogP contribution >= 0.6 is 0 Å². The number of aliphatic hydroxyl groups is 1. The number of aromatic nitrogens is 1. The number of benzene rings is 1. The Kier molecular flexibility index (Phi) is 4.41. The van der Waals surface area contributed by atoms with Crippen LogP contribution in [-0.4, -0.2) is 33.2 Å². The maximum Gasteiger partial charge on any atom is 0.410 e. The fraction of sp³-hybridized carbons (Fsp3) is 0.429. The Morgan fingerprint density at radius 1 is 1.19 bits per heavy atom. The molecule has 2 aliphatic rings. The van der Waals surface area contributed by atoms with E-state index in [0.717, 1.165) is 24.0 Å². The van der Waals surface area contributed by atoms with Gasteiger partial charge in [-0.05, 0) is 37.0 Å². The lowest BCUT2D eigenvalue weighted by Gasteiger charge is -2.42. The molecule has 1 aromatic carbocycles. The molecule has 2 saturated heterocycles. The number of hydrogen-bond donors (Lipinski definition) is 1. The molecule has 0 radical (unpaired) electrons. The Bertz CT molecular complexity index is 762. The van der Waals surface area contributed by atoms with E-state index in [1.165, 1.54) is 0 Å². The van der Waals surface area contributed by atoms with Crippen LogP contribution in [0.25, 0.3) is 0 Å². The molecule has 2 fully saturated rings. The molecular formula is C21H24N2O3. The highest BCUT2D eigenvalue weighted by molar-refractivity contribution is 5.69. The number of nitrogens with zero attached hydrogens (tertiary/aromatic N) is 2. The smallest absolute Gasteiger partial charge is 0.410 e. The summed E-state index contributed by atoms with van der Waals surface area (Å²) < 4.78 is 5.53. The molecule has 2 aliphatic heterocycles. The SMILES string of the molecule is Cc1ccc(C2(O)CC3CCC(C2)N3C(=O)OCc2ccccc2)nc1. The third kappa shape index (κ3) is 3.19. The minimum Gasteiger partial charge on any atom is -0.445 e. The number of piperidine rings is 1. The van der Waals surface area contributed by atoms with Crippen molar-refractivity contribution in [2.75, 3.05) is 0 Å². The number of aryl methyl sites for hydroxylation is 1. The molecule has 1 N–H and O–H groups in total. The maximum atomic E-state index is 12.6. The normalized spacial score (nSPS) is 27.4. The molecule has 5 heteroatoms. The van der Waals surface area contributed by atoms with Crippen LogP contribution in [0, 0.1) is 6.92 Å². The molecule has 0 aliphatic carbocycles. The molecule has 0 spiro atoms. The quantitative estimate of drug-likeness (QED) is 0.918. The summed E-state index contributed by atoms with van der Waals surface area (Å²) in [4.78, 5) is 18.9. The average molecular weight is 352 g/mol. The molecule has 1 amide bonds. The first-order valence-corrected chi connectivity index (χ1v) is 9.20. The topological polar surface area (TPSA) is 62.7 Å². The number of carbonyl (C=O) groups excluding carboxylic acids is 1. The number of amides is 1. The minimum atomic E-state index is -0.963. The highest BCUT2D eigenvalue weighted by atomic mass is 16.6. The van der Waals surface area contributed by atoms with Crippen LogP contribution < -0.4 is 0 Å². The van der Waals surface area contributed by atoms with E-state index in [1.54, 1.807) is 6.20 Å². The fourth-order valence-corrected chi connectivity index (χ4v) is 4.27. The Morgan fingerprint density at radius 2 is 1.88 bits per heavy atom. The van der Waals surface area contributed by atoms with E-state index in [2.05, 4.69) is 4.98 Å². The van der Waals surface area contributed by atoms with Gasteiger partial charge in [-0.2, -0.15) is 0 Å². The van der Waals surface area contributed by atoms with Crippen molar-refractivity contribution in [1.29, 1.82) is 0 Å². The van der Waals surface area contributed by atoms with Gasteiger partial charge < -0.3 is 14.7 Å². The van der Waals surface area contributed by atoms with Gasteiger partial charge in [0.25, 0.3) is 0 Å². The maximum absolute atomic E-state index is 12.6. The number of pyridine rings is 1. The molecule has 4 rings (SSSR count). The Balaban J connectivity index is 1.45. The Labute approximate surface area is 153 Å². The van der Waals surface area contributed by atoms with Crippen molar-refractivity contribution < 1.29 is 14.6 Å². The van der Waals surface area contributed by atoms with E-state index < -0.39 is 5.60 Å². The number of fused-ring (bicyclic) bond motifs is 2. The number of rotatable bonds is 3. The molecule has 0 saturated carbocycles. The van der Waals surface area contributed by atoms with Gasteiger partial charge in [-0.25, -0.2) is 4.79 Å². The summed E-state index contributed by atoms with van der Waals surface area (Å²) in [6, 6.07) is 13.6. The predicted octanol–water partition coefficient (Wildman–Crippen LogP) is 3.54. The zero-order valence-electron chi connectivity index (χ0n) is 15.0. The lowest BCUT2D eigenvalue weighted by atomic mass is 9.83. The molecule has 2 atom stereocenters. The second-order valence-electron chi connectivity index (χ2n) is 7.49. The van der Waals surface area contributed by atoms with Crippen molar-refractivity contribution in [2.24, 2.45) is 0 Å². The Hall–Kier alpha value is -2.40. The highest BCUT2D eigenvalue weighted by Gasteiger charge is 2.51. The molecular weight excluding hydrogens is 328 g/mol. The minimum absolute atomic E-state index is 0.00475. The predicted molar refractivity (Wildman–Crippen MR) is 97.4 cm³/mol. The van der Waals surface area contributed by atoms with E-state index in [1.807, 2.05) is 54.3 Å². The van der Waals surface area contributed by atoms with Crippen molar-refractivity contribution in [1.82, 2.24) is 9.88 Å². The summed E-state index contributed by atoms with van der Waals surface area (Å²) in [6.45, 7) is 2.26. The van der Waals surface area contributed by atoms with Gasteiger partial charge in [0, 0.05) is 31.1 Å². The van der Waals surface area contributed by atoms with Gasteiger partial charge in [0.15, 0.2) is 0 Å². The summed E-state index contributed by atoms with van der Waals surface area (Å²) >= 11 is 0. The van der Waals surface area contributed by atoms with Crippen LogP contribution in [-0.2, 0) is 16.9 Å². The third-order valence-electron chi connectivity index (χ3n) is 5.57. The lowest BCUT2D eigenvalue weighted by Crippen LogP contribution is -2.52. The first-order valence-electron chi connectivity index (χ1n) is 9.20. The first-order chi connectivity index (χ1) is 12.5. The molecule has 2 aromatic rings. The standard InChI is InChI=1S/C21H24N2O3/c1-15-7-10-19(22-13-15)21(25)11-17-8-9-18(12-21)23(17)20(24)26-14-16-5-3-2-4-6-16/h2-7,10,13,17-18,25H,8-9,11-12,14H2,1H3. The van der Waals surface area contributed by atoms with E-state index in [0.29, 0.717) is 18.5 Å². The summed E-state index contributed by atoms with van der Waals surface area (Å²) in [5.41, 5.74) is 1.79. The summed E-state index contributed by atoms with van der Waals surface area (Å²) in [7, 11) is 0. The largest absolute Gasteiger partial charge is 0.445 e. The summed E-state index contributed by atoms with van der Waals surface area (Å²) in [6.07, 6.45) is 4.34. The van der Waals surface area contributed by atoms with Gasteiger partial charge in [0.1, 0.15) is 12.2 Å². The molecule has 136 valence electrons. The van der Waals surface area contributed by atoms with Crippen LogP contribution in [0.15, 0.2) is 48.7 Å². The Morgan fingerprint density at radius 3 is 2.50 bits per heavy atom. The zero-order chi connectivity index (χ0) is 18.1.